The predicted molar refractivity (Wildman–Crippen MR) is 92.1 cm³/mol. The Morgan fingerprint density at radius 1 is 1.07 bits per heavy atom. The number of benzene rings is 1. The van der Waals surface area contributed by atoms with Crippen molar-refractivity contribution in [2.75, 3.05) is 12.8 Å². The lowest BCUT2D eigenvalue weighted by molar-refractivity contribution is -0.384. The van der Waals surface area contributed by atoms with Gasteiger partial charge in [0.15, 0.2) is 0 Å². The number of hydrogen-bond donors (Lipinski definition) is 6. The Morgan fingerprint density at radius 2 is 1.61 bits per heavy atom. The summed E-state index contributed by atoms with van der Waals surface area (Å²) >= 11 is 0. The van der Waals surface area contributed by atoms with Crippen LogP contribution < -0.4 is 10.7 Å². The van der Waals surface area contributed by atoms with Gasteiger partial charge in [0.05, 0.1) is 23.8 Å². The summed E-state index contributed by atoms with van der Waals surface area (Å²) in [5.74, 6) is -0.196. The zero-order valence-corrected chi connectivity index (χ0v) is 16.0. The van der Waals surface area contributed by atoms with E-state index in [4.69, 9.17) is 19.0 Å². The molecule has 5 unspecified atom stereocenters. The minimum atomic E-state index is -4.71. The van der Waals surface area contributed by atoms with Crippen LogP contribution in [0.2, 0.25) is 0 Å². The summed E-state index contributed by atoms with van der Waals surface area (Å²) in [4.78, 5) is 37.4. The highest BCUT2D eigenvalue weighted by Crippen LogP contribution is 2.45. The highest BCUT2D eigenvalue weighted by molar-refractivity contribution is 7.51. The fraction of sp³-hybridized carbons (Fsp3) is 0.500. The quantitative estimate of drug-likeness (QED) is 0.174. The molecule has 1 aromatic carbocycles. The third-order valence-corrected chi connectivity index (χ3v) is 5.30. The van der Waals surface area contributed by atoms with Gasteiger partial charge in [-0.05, 0) is 12.1 Å². The zero-order valence-electron chi connectivity index (χ0n) is 14.2. The number of ether oxygens (including phenoxy) is 1. The topological polar surface area (TPSA) is 241 Å². The maximum atomic E-state index is 11.9. The van der Waals surface area contributed by atoms with E-state index in [0.717, 1.165) is 24.3 Å². The van der Waals surface area contributed by atoms with Crippen molar-refractivity contribution in [3.8, 4) is 5.75 Å². The molecule has 0 spiro atoms. The van der Waals surface area contributed by atoms with Crippen molar-refractivity contribution in [1.29, 1.82) is 0 Å². The van der Waals surface area contributed by atoms with Crippen LogP contribution in [-0.4, -0.2) is 67.0 Å². The lowest BCUT2D eigenvalue weighted by atomic mass is 10.1. The van der Waals surface area contributed by atoms with Crippen LogP contribution in [0, 0.1) is 10.1 Å². The van der Waals surface area contributed by atoms with Crippen LogP contribution in [0.3, 0.4) is 0 Å². The van der Waals surface area contributed by atoms with E-state index in [1.54, 1.807) is 0 Å². The van der Waals surface area contributed by atoms with Gasteiger partial charge < -0.3 is 35.4 Å². The highest BCUT2D eigenvalue weighted by Gasteiger charge is 2.46. The van der Waals surface area contributed by atoms with E-state index in [-0.39, 0.29) is 17.6 Å². The van der Waals surface area contributed by atoms with Crippen molar-refractivity contribution < 1.29 is 52.7 Å². The van der Waals surface area contributed by atoms with E-state index in [9.17, 15) is 34.4 Å². The number of non-ortho nitro benzene ring substituents is 1. The molecular formula is C12H20N2O12P2. The van der Waals surface area contributed by atoms with E-state index in [1.165, 1.54) is 0 Å². The number of phosphoric ester groups is 1. The number of nitro groups is 1. The zero-order chi connectivity index (χ0) is 20.4. The summed E-state index contributed by atoms with van der Waals surface area (Å²) in [6, 6.07) is 4.24. The monoisotopic (exact) mass is 446 g/mol. The lowest BCUT2D eigenvalue weighted by Gasteiger charge is -2.18. The van der Waals surface area contributed by atoms with Gasteiger partial charge in [-0.25, -0.2) is 4.57 Å². The number of rotatable bonds is 8. The highest BCUT2D eigenvalue weighted by atomic mass is 31.2. The molecule has 0 amide bonds. The third-order valence-electron chi connectivity index (χ3n) is 3.55. The Labute approximate surface area is 158 Å². The molecule has 8 N–H and O–H groups in total. The first kappa shape index (κ1) is 24.6. The summed E-state index contributed by atoms with van der Waals surface area (Å²) in [5, 5.41) is 30.1. The molecule has 1 fully saturated rings. The normalized spacial score (nSPS) is 26.9. The molecule has 0 radical (unpaired) electrons. The van der Waals surface area contributed by atoms with Gasteiger partial charge in [-0.15, -0.1) is 0 Å². The molecule has 2 rings (SSSR count). The molecule has 14 nitrogen and oxygen atoms in total. The molecule has 0 aromatic heterocycles. The summed E-state index contributed by atoms with van der Waals surface area (Å²) in [5.41, 5.74) is -0.261. The molecule has 1 heterocycles. The molecular weight excluding hydrogens is 426 g/mol. The van der Waals surface area contributed by atoms with Gasteiger partial charge in [0, 0.05) is 12.1 Å². The van der Waals surface area contributed by atoms with Crippen LogP contribution in [0.5, 0.6) is 5.75 Å². The Kier molecular flexibility index (Phi) is 8.23. The number of phosphoric acid groups is 1. The van der Waals surface area contributed by atoms with Crippen molar-refractivity contribution in [2.24, 2.45) is 0 Å². The van der Waals surface area contributed by atoms with Crippen molar-refractivity contribution in [2.45, 2.75) is 24.4 Å². The van der Waals surface area contributed by atoms with E-state index >= 15 is 0 Å². The SMILES string of the molecule is N.O=[N+]([O-])c1ccc(OP(=O)(O)OCC2OC(CP(=O)(O)O)C(O)C2O)cc1. The van der Waals surface area contributed by atoms with E-state index in [1.807, 2.05) is 0 Å². The maximum absolute atomic E-state index is 11.9. The fourth-order valence-electron chi connectivity index (χ4n) is 2.30. The number of nitrogens with zero attached hydrogens (tertiary/aromatic N) is 1. The Hall–Kier alpha value is -1.44. The average molecular weight is 446 g/mol. The summed E-state index contributed by atoms with van der Waals surface area (Å²) in [6.45, 7) is -0.726. The minimum Gasteiger partial charge on any atom is -0.404 e. The molecule has 0 aliphatic carbocycles. The first-order valence-electron chi connectivity index (χ1n) is 7.35. The molecule has 1 aliphatic heterocycles. The van der Waals surface area contributed by atoms with Gasteiger partial charge in [-0.2, -0.15) is 0 Å². The predicted octanol–water partition coefficient (Wildman–Crippen LogP) is -0.0805. The molecule has 160 valence electrons. The lowest BCUT2D eigenvalue weighted by Crippen LogP contribution is -2.35. The molecule has 1 saturated heterocycles. The molecule has 1 aromatic rings. The largest absolute Gasteiger partial charge is 0.527 e. The Balaban J connectivity index is 0.00000392. The standard InChI is InChI=1S/C12H17NO12P2.H3N/c14-11-9(24-10(12(11)15)6-26(18,19)20)5-23-27(21,22)25-8-3-1-7(2-4-8)13(16)17;/h1-4,9-12,14-15H,5-6H2,(H,21,22)(H2,18,19,20);1H3. The van der Waals surface area contributed by atoms with Crippen LogP contribution in [0.15, 0.2) is 24.3 Å². The second kappa shape index (κ2) is 9.37. The van der Waals surface area contributed by atoms with E-state index in [2.05, 4.69) is 4.52 Å². The first-order valence-corrected chi connectivity index (χ1v) is 10.6. The molecule has 0 bridgehead atoms. The van der Waals surface area contributed by atoms with Gasteiger partial charge in [0.25, 0.3) is 5.69 Å². The molecule has 28 heavy (non-hydrogen) atoms. The number of aliphatic hydroxyl groups excluding tert-OH is 2. The van der Waals surface area contributed by atoms with Gasteiger partial charge in [-0.3, -0.25) is 24.1 Å². The number of aliphatic hydroxyl groups is 2. The Morgan fingerprint density at radius 3 is 2.11 bits per heavy atom. The van der Waals surface area contributed by atoms with Crippen LogP contribution in [-0.2, 0) is 18.4 Å². The fourth-order valence-corrected chi connectivity index (χ4v) is 3.85. The van der Waals surface area contributed by atoms with E-state index < -0.39 is 57.5 Å². The smallest absolute Gasteiger partial charge is 0.404 e. The maximum Gasteiger partial charge on any atom is 0.527 e. The third kappa shape index (κ3) is 6.87. The van der Waals surface area contributed by atoms with Crippen molar-refractivity contribution in [3.05, 3.63) is 34.4 Å². The van der Waals surface area contributed by atoms with Crippen LogP contribution in [0.1, 0.15) is 0 Å². The van der Waals surface area contributed by atoms with Gasteiger partial charge in [0.2, 0.25) is 0 Å². The van der Waals surface area contributed by atoms with E-state index in [0.29, 0.717) is 0 Å². The van der Waals surface area contributed by atoms with Crippen LogP contribution in [0.4, 0.5) is 5.69 Å². The molecule has 16 heteroatoms. The average Bonchev–Trinajstić information content (AvgIpc) is 2.79. The second-order valence-electron chi connectivity index (χ2n) is 5.65. The van der Waals surface area contributed by atoms with Gasteiger partial charge in [0.1, 0.15) is 24.1 Å². The Bertz CT molecular complexity index is 768. The van der Waals surface area contributed by atoms with Crippen molar-refractivity contribution >= 4 is 21.1 Å². The van der Waals surface area contributed by atoms with Crippen LogP contribution >= 0.6 is 15.4 Å². The summed E-state index contributed by atoms with van der Waals surface area (Å²) in [6.07, 6.45) is -6.81. The second-order valence-corrected chi connectivity index (χ2v) is 8.72. The van der Waals surface area contributed by atoms with Crippen molar-refractivity contribution in [1.82, 2.24) is 6.15 Å². The molecule has 1 aliphatic rings. The minimum absolute atomic E-state index is 0. The summed E-state index contributed by atoms with van der Waals surface area (Å²) < 4.78 is 37.3. The first-order chi connectivity index (χ1) is 12.4. The van der Waals surface area contributed by atoms with Crippen molar-refractivity contribution in [3.63, 3.8) is 0 Å². The molecule has 0 saturated carbocycles. The van der Waals surface area contributed by atoms with Gasteiger partial charge >= 0.3 is 15.4 Å². The molecule has 5 atom stereocenters. The van der Waals surface area contributed by atoms with Crippen LogP contribution in [0.25, 0.3) is 0 Å². The van der Waals surface area contributed by atoms with Gasteiger partial charge in [-0.1, -0.05) is 0 Å². The number of nitro benzene ring substituents is 1. The summed E-state index contributed by atoms with van der Waals surface area (Å²) in [7, 11) is -9.24. The number of hydrogen-bond acceptors (Lipinski definition) is 10.